The Morgan fingerprint density at radius 2 is 1.68 bits per heavy atom. The van der Waals surface area contributed by atoms with Gasteiger partial charge in [0.1, 0.15) is 0 Å². The molecule has 0 saturated heterocycles. The number of halogens is 2. The van der Waals surface area contributed by atoms with E-state index in [1.54, 1.807) is 19.1 Å². The van der Waals surface area contributed by atoms with Crippen molar-refractivity contribution >= 4 is 17.4 Å². The average Bonchev–Trinajstić information content (AvgIpc) is 2.48. The van der Waals surface area contributed by atoms with Crippen LogP contribution in [0, 0.1) is 0 Å². The zero-order valence-electron chi connectivity index (χ0n) is 12.3. The molecule has 0 fully saturated rings. The van der Waals surface area contributed by atoms with Gasteiger partial charge in [-0.3, -0.25) is 0 Å². The number of aliphatic hydroxyl groups is 1. The van der Waals surface area contributed by atoms with E-state index in [0.29, 0.717) is 29.7 Å². The molecular formula is C17H19F2NOS. The van der Waals surface area contributed by atoms with Gasteiger partial charge in [0, 0.05) is 23.7 Å². The highest BCUT2D eigenvalue weighted by Gasteiger charge is 2.11. The van der Waals surface area contributed by atoms with Crippen molar-refractivity contribution in [1.29, 1.82) is 0 Å². The summed E-state index contributed by atoms with van der Waals surface area (Å²) in [6.45, 7) is 2.88. The molecule has 2 aromatic carbocycles. The van der Waals surface area contributed by atoms with Crippen LogP contribution in [0.5, 0.6) is 0 Å². The molecule has 0 heterocycles. The second-order valence-corrected chi connectivity index (χ2v) is 6.15. The number of thioether (sulfide) groups is 1. The van der Waals surface area contributed by atoms with E-state index in [1.807, 2.05) is 42.5 Å². The van der Waals surface area contributed by atoms with E-state index in [2.05, 4.69) is 4.90 Å². The molecule has 0 aromatic heterocycles. The van der Waals surface area contributed by atoms with Crippen LogP contribution in [0.1, 0.15) is 12.5 Å². The molecule has 0 aliphatic carbocycles. The summed E-state index contributed by atoms with van der Waals surface area (Å²) in [5.41, 5.74) is 2.04. The minimum atomic E-state index is -2.40. The van der Waals surface area contributed by atoms with Crippen molar-refractivity contribution in [2.75, 3.05) is 11.4 Å². The summed E-state index contributed by atoms with van der Waals surface area (Å²) in [5.74, 6) is -2.40. The molecule has 1 atom stereocenters. The predicted molar refractivity (Wildman–Crippen MR) is 87.5 cm³/mol. The van der Waals surface area contributed by atoms with E-state index in [9.17, 15) is 13.9 Å². The predicted octanol–water partition coefficient (Wildman–Crippen LogP) is 4.39. The Morgan fingerprint density at radius 1 is 1.05 bits per heavy atom. The van der Waals surface area contributed by atoms with E-state index >= 15 is 0 Å². The third-order valence-corrected chi connectivity index (χ3v) is 3.85. The molecule has 0 bridgehead atoms. The van der Waals surface area contributed by atoms with Crippen LogP contribution in [0.3, 0.4) is 0 Å². The molecule has 0 saturated carbocycles. The Kier molecular flexibility index (Phi) is 6.21. The highest BCUT2D eigenvalue weighted by atomic mass is 32.2. The van der Waals surface area contributed by atoms with E-state index in [-0.39, 0.29) is 0 Å². The molecule has 0 amide bonds. The first-order valence-electron chi connectivity index (χ1n) is 7.06. The first kappa shape index (κ1) is 16.8. The van der Waals surface area contributed by atoms with Gasteiger partial charge in [0.15, 0.2) is 0 Å². The Morgan fingerprint density at radius 3 is 2.23 bits per heavy atom. The lowest BCUT2D eigenvalue weighted by Crippen LogP contribution is -2.30. The average molecular weight is 323 g/mol. The van der Waals surface area contributed by atoms with Crippen LogP contribution in [0.15, 0.2) is 59.5 Å². The van der Waals surface area contributed by atoms with Gasteiger partial charge in [0.2, 0.25) is 0 Å². The van der Waals surface area contributed by atoms with Crippen LogP contribution in [0.25, 0.3) is 0 Å². The number of alkyl halides is 2. The van der Waals surface area contributed by atoms with Crippen LogP contribution >= 0.6 is 11.8 Å². The van der Waals surface area contributed by atoms with Crippen LogP contribution in [0.2, 0.25) is 0 Å². The minimum absolute atomic E-state index is 0.450. The fraction of sp³-hybridized carbons (Fsp3) is 0.294. The van der Waals surface area contributed by atoms with Gasteiger partial charge >= 0.3 is 0 Å². The second kappa shape index (κ2) is 8.15. The van der Waals surface area contributed by atoms with Crippen LogP contribution in [-0.4, -0.2) is 23.5 Å². The lowest BCUT2D eigenvalue weighted by molar-refractivity contribution is 0.199. The van der Waals surface area contributed by atoms with Crippen molar-refractivity contribution in [3.05, 3.63) is 60.2 Å². The number of aliphatic hydroxyl groups excluding tert-OH is 1. The lowest BCUT2D eigenvalue weighted by atomic mass is 10.2. The monoisotopic (exact) mass is 323 g/mol. The van der Waals surface area contributed by atoms with Crippen molar-refractivity contribution in [2.45, 2.75) is 30.2 Å². The Hall–Kier alpha value is -1.59. The van der Waals surface area contributed by atoms with Crippen molar-refractivity contribution in [1.82, 2.24) is 0 Å². The fourth-order valence-corrected chi connectivity index (χ4v) is 2.71. The van der Waals surface area contributed by atoms with Gasteiger partial charge in [-0.05, 0) is 36.8 Å². The highest BCUT2D eigenvalue weighted by molar-refractivity contribution is 7.99. The molecule has 5 heteroatoms. The Bertz CT molecular complexity index is 561. The quantitative estimate of drug-likeness (QED) is 0.765. The highest BCUT2D eigenvalue weighted by Crippen LogP contribution is 2.26. The maximum Gasteiger partial charge on any atom is 0.288 e. The summed E-state index contributed by atoms with van der Waals surface area (Å²) >= 11 is 0.546. The Balaban J connectivity index is 2.10. The van der Waals surface area contributed by atoms with Gasteiger partial charge in [-0.1, -0.05) is 42.1 Å². The first-order valence-corrected chi connectivity index (χ1v) is 7.94. The molecule has 0 spiro atoms. The molecule has 0 radical (unpaired) electrons. The van der Waals surface area contributed by atoms with E-state index in [0.717, 1.165) is 11.3 Å². The topological polar surface area (TPSA) is 23.5 Å². The fourth-order valence-electron chi connectivity index (χ4n) is 2.22. The second-order valence-electron chi connectivity index (χ2n) is 5.09. The van der Waals surface area contributed by atoms with Gasteiger partial charge in [-0.15, -0.1) is 0 Å². The smallest absolute Gasteiger partial charge is 0.288 e. The van der Waals surface area contributed by atoms with Crippen LogP contribution in [0.4, 0.5) is 14.5 Å². The van der Waals surface area contributed by atoms with Crippen LogP contribution < -0.4 is 4.90 Å². The summed E-state index contributed by atoms with van der Waals surface area (Å²) in [4.78, 5) is 2.63. The molecule has 2 nitrogen and oxygen atoms in total. The Labute approximate surface area is 133 Å². The molecular weight excluding hydrogens is 304 g/mol. The summed E-state index contributed by atoms with van der Waals surface area (Å²) in [6.07, 6.45) is -0.450. The number of para-hydroxylation sites is 1. The van der Waals surface area contributed by atoms with Crippen molar-refractivity contribution in [2.24, 2.45) is 0 Å². The molecule has 22 heavy (non-hydrogen) atoms. The number of rotatable bonds is 7. The number of hydrogen-bond acceptors (Lipinski definition) is 3. The normalized spacial score (nSPS) is 12.4. The van der Waals surface area contributed by atoms with Crippen molar-refractivity contribution in [3.8, 4) is 0 Å². The summed E-state index contributed by atoms with van der Waals surface area (Å²) in [7, 11) is 0. The molecule has 2 aromatic rings. The summed E-state index contributed by atoms with van der Waals surface area (Å²) in [5, 5.41) is 9.68. The van der Waals surface area contributed by atoms with Crippen molar-refractivity contribution in [3.63, 3.8) is 0 Å². The van der Waals surface area contributed by atoms with Gasteiger partial charge in [0.05, 0.1) is 6.10 Å². The largest absolute Gasteiger partial charge is 0.392 e. The maximum absolute atomic E-state index is 12.3. The zero-order chi connectivity index (χ0) is 15.9. The summed E-state index contributed by atoms with van der Waals surface area (Å²) < 4.78 is 24.6. The molecule has 2 rings (SSSR count). The van der Waals surface area contributed by atoms with E-state index < -0.39 is 11.9 Å². The third-order valence-electron chi connectivity index (χ3n) is 3.13. The zero-order valence-corrected chi connectivity index (χ0v) is 13.1. The molecule has 0 aliphatic rings. The minimum Gasteiger partial charge on any atom is -0.392 e. The van der Waals surface area contributed by atoms with Gasteiger partial charge in [0.25, 0.3) is 5.76 Å². The molecule has 118 valence electrons. The first-order chi connectivity index (χ1) is 10.5. The molecule has 0 aliphatic heterocycles. The number of benzene rings is 2. The van der Waals surface area contributed by atoms with Gasteiger partial charge < -0.3 is 10.0 Å². The molecule has 1 N–H and O–H groups in total. The number of nitrogens with zero attached hydrogens (tertiary/aromatic N) is 1. The maximum atomic E-state index is 12.3. The van der Waals surface area contributed by atoms with Gasteiger partial charge in [-0.2, -0.15) is 8.78 Å². The standard InChI is InChI=1S/C17H19F2NOS/c1-13(21)11-20(15-5-3-2-4-6-15)12-14-7-9-16(10-8-14)22-17(18)19/h2-10,13,17,21H,11-12H2,1H3. The van der Waals surface area contributed by atoms with Crippen LogP contribution in [-0.2, 0) is 6.54 Å². The van der Waals surface area contributed by atoms with E-state index in [4.69, 9.17) is 0 Å². The summed E-state index contributed by atoms with van der Waals surface area (Å²) in [6, 6.07) is 16.9. The number of hydrogen-bond donors (Lipinski definition) is 1. The third kappa shape index (κ3) is 5.31. The lowest BCUT2D eigenvalue weighted by Gasteiger charge is -2.26. The van der Waals surface area contributed by atoms with Crippen molar-refractivity contribution < 1.29 is 13.9 Å². The number of anilines is 1. The molecule has 1 unspecified atom stereocenters. The van der Waals surface area contributed by atoms with Gasteiger partial charge in [-0.25, -0.2) is 0 Å². The van der Waals surface area contributed by atoms with E-state index in [1.165, 1.54) is 0 Å². The SMILES string of the molecule is CC(O)CN(Cc1ccc(SC(F)F)cc1)c1ccccc1.